The molecule has 1 N–H and O–H groups in total. The van der Waals surface area contributed by atoms with Gasteiger partial charge in [0.15, 0.2) is 0 Å². The van der Waals surface area contributed by atoms with Gasteiger partial charge < -0.3 is 9.47 Å². The van der Waals surface area contributed by atoms with Crippen LogP contribution in [0.1, 0.15) is 30.6 Å². The fourth-order valence-corrected chi connectivity index (χ4v) is 2.95. The molecule has 0 unspecified atom stereocenters. The van der Waals surface area contributed by atoms with Crippen LogP contribution in [0.2, 0.25) is 0 Å². The number of ether oxygens (including phenoxy) is 2. The number of nitrogens with one attached hydrogen (secondary N) is 1. The Bertz CT molecular complexity index is 666. The second-order valence-electron chi connectivity index (χ2n) is 4.70. The monoisotopic (exact) mass is 333 g/mol. The second kappa shape index (κ2) is 8.33. The van der Waals surface area contributed by atoms with E-state index in [1.807, 2.05) is 37.3 Å². The van der Waals surface area contributed by atoms with E-state index in [0.717, 1.165) is 16.9 Å². The first-order valence-electron chi connectivity index (χ1n) is 7.45. The van der Waals surface area contributed by atoms with E-state index in [1.165, 1.54) is 11.3 Å². The van der Waals surface area contributed by atoms with Crippen LogP contribution in [0.15, 0.2) is 36.4 Å². The molecule has 0 saturated heterocycles. The van der Waals surface area contributed by atoms with Crippen molar-refractivity contribution >= 4 is 28.4 Å². The van der Waals surface area contributed by atoms with Gasteiger partial charge in [-0.3, -0.25) is 5.32 Å². The van der Waals surface area contributed by atoms with Gasteiger partial charge in [0.25, 0.3) is 0 Å². The van der Waals surface area contributed by atoms with E-state index in [-0.39, 0.29) is 6.61 Å². The first-order chi connectivity index (χ1) is 11.2. The number of anilines is 1. The van der Waals surface area contributed by atoms with E-state index in [9.17, 15) is 9.59 Å². The SMILES string of the molecule is CCCOC(=O)Nc1sc(-c2ccccc2)cc1C(=O)OCC. The van der Waals surface area contributed by atoms with Crippen LogP contribution >= 0.6 is 11.3 Å². The van der Waals surface area contributed by atoms with Crippen molar-refractivity contribution in [3.05, 3.63) is 42.0 Å². The minimum Gasteiger partial charge on any atom is -0.462 e. The molecule has 0 spiro atoms. The number of benzene rings is 1. The maximum atomic E-state index is 12.1. The van der Waals surface area contributed by atoms with Crippen molar-refractivity contribution in [2.45, 2.75) is 20.3 Å². The Balaban J connectivity index is 2.29. The Morgan fingerprint density at radius 2 is 1.87 bits per heavy atom. The molecule has 122 valence electrons. The van der Waals surface area contributed by atoms with E-state index in [2.05, 4.69) is 5.32 Å². The summed E-state index contributed by atoms with van der Waals surface area (Å²) in [5.41, 5.74) is 1.31. The van der Waals surface area contributed by atoms with Crippen molar-refractivity contribution < 1.29 is 19.1 Å². The summed E-state index contributed by atoms with van der Waals surface area (Å²) in [6.07, 6.45) is 0.163. The number of hydrogen-bond acceptors (Lipinski definition) is 5. The number of rotatable bonds is 6. The number of hydrogen-bond donors (Lipinski definition) is 1. The van der Waals surface area contributed by atoms with Crippen LogP contribution in [-0.2, 0) is 9.47 Å². The average Bonchev–Trinajstić information content (AvgIpc) is 2.98. The minimum absolute atomic E-state index is 0.273. The lowest BCUT2D eigenvalue weighted by atomic mass is 10.1. The van der Waals surface area contributed by atoms with Crippen LogP contribution in [0.3, 0.4) is 0 Å². The van der Waals surface area contributed by atoms with Crippen molar-refractivity contribution in [2.24, 2.45) is 0 Å². The van der Waals surface area contributed by atoms with E-state index in [4.69, 9.17) is 9.47 Å². The minimum atomic E-state index is -0.570. The van der Waals surface area contributed by atoms with Crippen molar-refractivity contribution in [1.82, 2.24) is 0 Å². The predicted molar refractivity (Wildman–Crippen MR) is 91.0 cm³/mol. The van der Waals surface area contributed by atoms with Crippen LogP contribution in [0.4, 0.5) is 9.80 Å². The fraction of sp³-hybridized carbons (Fsp3) is 0.294. The molecule has 0 aliphatic heterocycles. The van der Waals surface area contributed by atoms with Crippen LogP contribution < -0.4 is 5.32 Å². The first-order valence-corrected chi connectivity index (χ1v) is 8.27. The number of thiophene rings is 1. The highest BCUT2D eigenvalue weighted by Gasteiger charge is 2.20. The zero-order valence-electron chi connectivity index (χ0n) is 13.1. The normalized spacial score (nSPS) is 10.2. The molecule has 0 radical (unpaired) electrons. The molecule has 6 heteroatoms. The van der Waals surface area contributed by atoms with Crippen molar-refractivity contribution in [1.29, 1.82) is 0 Å². The molecule has 1 aromatic carbocycles. The molecule has 2 rings (SSSR count). The van der Waals surface area contributed by atoms with Gasteiger partial charge in [-0.25, -0.2) is 9.59 Å². The smallest absolute Gasteiger partial charge is 0.412 e. The lowest BCUT2D eigenvalue weighted by Crippen LogP contribution is -2.15. The summed E-state index contributed by atoms with van der Waals surface area (Å²) in [7, 11) is 0. The third-order valence-electron chi connectivity index (χ3n) is 2.94. The highest BCUT2D eigenvalue weighted by molar-refractivity contribution is 7.20. The zero-order valence-corrected chi connectivity index (χ0v) is 13.9. The Morgan fingerprint density at radius 3 is 2.52 bits per heavy atom. The van der Waals surface area contributed by atoms with Crippen LogP contribution in [-0.4, -0.2) is 25.3 Å². The van der Waals surface area contributed by atoms with Gasteiger partial charge in [0.1, 0.15) is 5.00 Å². The molecule has 0 aliphatic carbocycles. The lowest BCUT2D eigenvalue weighted by molar-refractivity contribution is 0.0528. The number of carbonyl (C=O) groups excluding carboxylic acids is 2. The van der Waals surface area contributed by atoms with Crippen LogP contribution in [0, 0.1) is 0 Å². The maximum absolute atomic E-state index is 12.1. The van der Waals surface area contributed by atoms with Crippen molar-refractivity contribution in [2.75, 3.05) is 18.5 Å². The van der Waals surface area contributed by atoms with Gasteiger partial charge in [-0.1, -0.05) is 37.3 Å². The van der Waals surface area contributed by atoms with Gasteiger partial charge in [0.2, 0.25) is 0 Å². The van der Waals surface area contributed by atoms with E-state index in [1.54, 1.807) is 13.0 Å². The average molecular weight is 333 g/mol. The maximum Gasteiger partial charge on any atom is 0.412 e. The molecule has 1 heterocycles. The van der Waals surface area contributed by atoms with Gasteiger partial charge in [-0.05, 0) is 25.0 Å². The largest absolute Gasteiger partial charge is 0.462 e. The van der Waals surface area contributed by atoms with Crippen LogP contribution in [0.5, 0.6) is 0 Å². The molecule has 2 aromatic rings. The second-order valence-corrected chi connectivity index (χ2v) is 5.75. The van der Waals surface area contributed by atoms with Gasteiger partial charge in [0, 0.05) is 4.88 Å². The standard InChI is InChI=1S/C17H19NO4S/c1-3-10-22-17(20)18-15-13(16(19)21-4-2)11-14(23-15)12-8-6-5-7-9-12/h5-9,11H,3-4,10H2,1-2H3,(H,18,20). The quantitative estimate of drug-likeness (QED) is 0.788. The molecular formula is C17H19NO4S. The first kappa shape index (κ1) is 17.0. The summed E-state index contributed by atoms with van der Waals surface area (Å²) < 4.78 is 10.1. The Kier molecular flexibility index (Phi) is 6.17. The summed E-state index contributed by atoms with van der Waals surface area (Å²) in [6, 6.07) is 11.4. The summed E-state index contributed by atoms with van der Waals surface area (Å²) in [6.45, 7) is 4.26. The highest BCUT2D eigenvalue weighted by atomic mass is 32.1. The Hall–Kier alpha value is -2.34. The van der Waals surface area contributed by atoms with Crippen molar-refractivity contribution in [3.8, 4) is 10.4 Å². The summed E-state index contributed by atoms with van der Waals surface area (Å²) >= 11 is 1.32. The summed E-state index contributed by atoms with van der Waals surface area (Å²) in [4.78, 5) is 24.7. The summed E-state index contributed by atoms with van der Waals surface area (Å²) in [5.74, 6) is -0.461. The number of esters is 1. The van der Waals surface area contributed by atoms with Crippen molar-refractivity contribution in [3.63, 3.8) is 0 Å². The third-order valence-corrected chi connectivity index (χ3v) is 4.04. The third kappa shape index (κ3) is 4.56. The molecule has 1 aromatic heterocycles. The Morgan fingerprint density at radius 1 is 1.13 bits per heavy atom. The molecule has 0 aliphatic rings. The topological polar surface area (TPSA) is 64.6 Å². The molecule has 5 nitrogen and oxygen atoms in total. The summed E-state index contributed by atoms with van der Waals surface area (Å²) in [5, 5.41) is 3.07. The van der Waals surface area contributed by atoms with Gasteiger partial charge in [-0.2, -0.15) is 0 Å². The van der Waals surface area contributed by atoms with Crippen LogP contribution in [0.25, 0.3) is 10.4 Å². The van der Waals surface area contributed by atoms with E-state index < -0.39 is 12.1 Å². The van der Waals surface area contributed by atoms with Gasteiger partial charge >= 0.3 is 12.1 Å². The van der Waals surface area contributed by atoms with Gasteiger partial charge in [-0.15, -0.1) is 11.3 Å². The number of amides is 1. The molecule has 0 atom stereocenters. The molecular weight excluding hydrogens is 314 g/mol. The molecule has 23 heavy (non-hydrogen) atoms. The van der Waals surface area contributed by atoms with E-state index >= 15 is 0 Å². The fourth-order valence-electron chi connectivity index (χ4n) is 1.91. The molecule has 1 amide bonds. The lowest BCUT2D eigenvalue weighted by Gasteiger charge is -2.06. The predicted octanol–water partition coefficient (Wildman–Crippen LogP) is 4.55. The molecule has 0 bridgehead atoms. The van der Waals surface area contributed by atoms with E-state index in [0.29, 0.717) is 17.2 Å². The van der Waals surface area contributed by atoms with Gasteiger partial charge in [0.05, 0.1) is 18.8 Å². The molecule has 0 fully saturated rings. The Labute approximate surface area is 139 Å². The molecule has 0 saturated carbocycles. The highest BCUT2D eigenvalue weighted by Crippen LogP contribution is 2.36. The number of carbonyl (C=O) groups is 2. The zero-order chi connectivity index (χ0) is 16.7.